The molecule has 0 aliphatic heterocycles. The molecule has 4 rings (SSSR count). The quantitative estimate of drug-likeness (QED) is 0.468. The molecule has 4 aliphatic rings. The number of Topliss-reactive ketones (excluding diaryl/α,β-unsaturated/α-hetero) is 1. The van der Waals surface area contributed by atoms with Crippen LogP contribution in [-0.4, -0.2) is 61.2 Å². The van der Waals surface area contributed by atoms with Crippen LogP contribution in [0.2, 0.25) is 0 Å². The first-order valence-corrected chi connectivity index (χ1v) is 9.96. The molecule has 152 valence electrons. The van der Waals surface area contributed by atoms with Crippen molar-refractivity contribution in [3.63, 3.8) is 0 Å². The summed E-state index contributed by atoms with van der Waals surface area (Å²) < 4.78 is 0. The van der Waals surface area contributed by atoms with Crippen LogP contribution in [0.5, 0.6) is 0 Å². The molecule has 0 amide bonds. The zero-order valence-electron chi connectivity index (χ0n) is 15.9. The van der Waals surface area contributed by atoms with Crippen LogP contribution in [0.1, 0.15) is 58.8 Å². The Kier molecular flexibility index (Phi) is 3.80. The van der Waals surface area contributed by atoms with Crippen molar-refractivity contribution < 1.29 is 35.1 Å². The molecule has 0 radical (unpaired) electrons. The van der Waals surface area contributed by atoms with E-state index < -0.39 is 57.8 Å². The van der Waals surface area contributed by atoms with E-state index in [4.69, 9.17) is 0 Å². The molecule has 0 aromatic carbocycles. The Hall–Kier alpha value is -1.02. The summed E-state index contributed by atoms with van der Waals surface area (Å²) in [6, 6.07) is 0. The van der Waals surface area contributed by atoms with Gasteiger partial charge in [-0.05, 0) is 51.4 Å². The summed E-state index contributed by atoms with van der Waals surface area (Å²) in [6.07, 6.45) is 1.27. The van der Waals surface area contributed by atoms with Crippen molar-refractivity contribution in [3.8, 4) is 0 Å². The zero-order valence-corrected chi connectivity index (χ0v) is 15.9. The number of ketones is 1. The molecular formula is C20H30O7. The lowest BCUT2D eigenvalue weighted by Crippen LogP contribution is -2.75. The van der Waals surface area contributed by atoms with Crippen molar-refractivity contribution in [1.82, 2.24) is 0 Å². The number of carbonyl (C=O) groups excluding carboxylic acids is 1. The van der Waals surface area contributed by atoms with Crippen LogP contribution in [0.15, 0.2) is 0 Å². The lowest BCUT2D eigenvalue weighted by Gasteiger charge is -2.67. The number of rotatable bonds is 2. The molecule has 0 aromatic rings. The minimum Gasteiger partial charge on any atom is -0.481 e. The second kappa shape index (κ2) is 5.32. The van der Waals surface area contributed by atoms with E-state index in [-0.39, 0.29) is 25.2 Å². The van der Waals surface area contributed by atoms with Gasteiger partial charge in [0.1, 0.15) is 11.2 Å². The van der Waals surface area contributed by atoms with E-state index in [9.17, 15) is 35.1 Å². The van der Waals surface area contributed by atoms with E-state index in [2.05, 4.69) is 0 Å². The first-order valence-electron chi connectivity index (χ1n) is 9.96. The molecular weight excluding hydrogens is 352 g/mol. The summed E-state index contributed by atoms with van der Waals surface area (Å²) in [6.45, 7) is 2.79. The van der Waals surface area contributed by atoms with E-state index in [0.717, 1.165) is 0 Å². The molecule has 0 saturated heterocycles. The van der Waals surface area contributed by atoms with Crippen LogP contribution in [0.3, 0.4) is 0 Å². The normalized spacial score (nSPS) is 57.1. The summed E-state index contributed by atoms with van der Waals surface area (Å²) in [4.78, 5) is 25.5. The lowest BCUT2D eigenvalue weighted by molar-refractivity contribution is -0.290. The fraction of sp³-hybridized carbons (Fsp3) is 0.900. The number of carboxylic acid groups (broad SMARTS) is 1. The molecule has 27 heavy (non-hydrogen) atoms. The number of aliphatic hydroxyl groups is 4. The summed E-state index contributed by atoms with van der Waals surface area (Å²) in [5, 5.41) is 53.6. The average Bonchev–Trinajstić information content (AvgIpc) is 2.79. The van der Waals surface area contributed by atoms with Crippen LogP contribution in [0.25, 0.3) is 0 Å². The Morgan fingerprint density at radius 2 is 1.85 bits per heavy atom. The Balaban J connectivity index is 1.90. The highest BCUT2D eigenvalue weighted by molar-refractivity contribution is 5.97. The van der Waals surface area contributed by atoms with Gasteiger partial charge in [-0.1, -0.05) is 13.3 Å². The number of carbonyl (C=O) groups is 2. The topological polar surface area (TPSA) is 135 Å². The minimum absolute atomic E-state index is 0.0210. The molecule has 4 saturated carbocycles. The van der Waals surface area contributed by atoms with Gasteiger partial charge in [0.05, 0.1) is 23.5 Å². The number of aliphatic carboxylic acids is 1. The summed E-state index contributed by atoms with van der Waals surface area (Å²) in [7, 11) is 0. The molecule has 0 unspecified atom stereocenters. The van der Waals surface area contributed by atoms with Gasteiger partial charge in [-0.3, -0.25) is 9.59 Å². The first kappa shape index (κ1) is 19.3. The van der Waals surface area contributed by atoms with Gasteiger partial charge in [0.2, 0.25) is 0 Å². The highest BCUT2D eigenvalue weighted by Crippen LogP contribution is 2.73. The third-order valence-corrected chi connectivity index (χ3v) is 9.21. The maximum atomic E-state index is 13.4. The van der Waals surface area contributed by atoms with Crippen molar-refractivity contribution in [2.24, 2.45) is 28.1 Å². The van der Waals surface area contributed by atoms with Gasteiger partial charge in [0.25, 0.3) is 0 Å². The van der Waals surface area contributed by atoms with Gasteiger partial charge >= 0.3 is 5.97 Å². The van der Waals surface area contributed by atoms with Crippen molar-refractivity contribution >= 4 is 11.8 Å². The van der Waals surface area contributed by atoms with Crippen LogP contribution < -0.4 is 0 Å². The smallest absolute Gasteiger partial charge is 0.309 e. The van der Waals surface area contributed by atoms with Crippen LogP contribution in [0.4, 0.5) is 0 Å². The monoisotopic (exact) mass is 382 g/mol. The largest absolute Gasteiger partial charge is 0.481 e. The van der Waals surface area contributed by atoms with Crippen molar-refractivity contribution in [1.29, 1.82) is 0 Å². The maximum Gasteiger partial charge on any atom is 0.309 e. The lowest BCUT2D eigenvalue weighted by atomic mass is 9.38. The second-order valence-electron chi connectivity index (χ2n) is 10.00. The molecule has 0 aromatic heterocycles. The van der Waals surface area contributed by atoms with Gasteiger partial charge in [0.15, 0.2) is 5.78 Å². The van der Waals surface area contributed by atoms with Gasteiger partial charge in [0, 0.05) is 11.3 Å². The molecule has 4 fully saturated rings. The molecule has 2 bridgehead atoms. The highest BCUT2D eigenvalue weighted by Gasteiger charge is 2.81. The SMILES string of the molecule is C[C@@]1(C(=O)O)CCC[C@]2(C)[C@@H]1CC[C@@]13C[C@@H](C[C@H](O)[C@]12O)[C@](O)(CO)C3=O. The summed E-state index contributed by atoms with van der Waals surface area (Å²) in [5.41, 5.74) is -7.09. The Bertz CT molecular complexity index is 708. The van der Waals surface area contributed by atoms with Crippen LogP contribution in [0, 0.1) is 28.1 Å². The van der Waals surface area contributed by atoms with Gasteiger partial charge in [-0.25, -0.2) is 0 Å². The second-order valence-corrected chi connectivity index (χ2v) is 10.00. The number of carboxylic acids is 1. The molecule has 1 spiro atoms. The molecule has 7 heteroatoms. The molecule has 8 atom stereocenters. The van der Waals surface area contributed by atoms with Gasteiger partial charge in [-0.2, -0.15) is 0 Å². The van der Waals surface area contributed by atoms with Gasteiger partial charge < -0.3 is 25.5 Å². The summed E-state index contributed by atoms with van der Waals surface area (Å²) in [5.74, 6) is -2.47. The van der Waals surface area contributed by atoms with E-state index in [0.29, 0.717) is 25.7 Å². The number of hydrogen-bond acceptors (Lipinski definition) is 6. The Labute approximate surface area is 158 Å². The van der Waals surface area contributed by atoms with Crippen molar-refractivity contribution in [2.75, 3.05) is 6.61 Å². The Morgan fingerprint density at radius 3 is 2.44 bits per heavy atom. The maximum absolute atomic E-state index is 13.4. The predicted molar refractivity (Wildman–Crippen MR) is 93.6 cm³/mol. The van der Waals surface area contributed by atoms with Crippen LogP contribution >= 0.6 is 0 Å². The number of fused-ring (bicyclic) bond motifs is 3. The van der Waals surface area contributed by atoms with Gasteiger partial charge in [-0.15, -0.1) is 0 Å². The average molecular weight is 382 g/mol. The zero-order chi connectivity index (χ0) is 20.0. The molecule has 0 heterocycles. The highest BCUT2D eigenvalue weighted by atomic mass is 16.4. The third kappa shape index (κ3) is 1.83. The Morgan fingerprint density at radius 1 is 1.19 bits per heavy atom. The standard InChI is InChI=1S/C20H30O7/c1-16(15(24)25)5-3-6-17(2)12(16)4-7-18-9-11(8-13(22)20(17,18)27)19(26,10-21)14(18)23/h11-13,21-22,26-27H,3-10H2,1-2H3,(H,24,25)/t11-,12-,13+,16-,17-,18+,19-,20-/m1/s1. The fourth-order valence-corrected chi connectivity index (χ4v) is 7.80. The number of hydrogen-bond donors (Lipinski definition) is 5. The minimum atomic E-state index is -1.95. The van der Waals surface area contributed by atoms with E-state index in [1.807, 2.05) is 6.92 Å². The first-order chi connectivity index (χ1) is 12.4. The van der Waals surface area contributed by atoms with Crippen LogP contribution in [-0.2, 0) is 9.59 Å². The molecule has 5 N–H and O–H groups in total. The van der Waals surface area contributed by atoms with Crippen molar-refractivity contribution in [2.45, 2.75) is 76.1 Å². The van der Waals surface area contributed by atoms with E-state index in [1.165, 1.54) is 0 Å². The molecule has 7 nitrogen and oxygen atoms in total. The third-order valence-electron chi connectivity index (χ3n) is 9.21. The van der Waals surface area contributed by atoms with E-state index >= 15 is 0 Å². The fourth-order valence-electron chi connectivity index (χ4n) is 7.80. The molecule has 4 aliphatic carbocycles. The van der Waals surface area contributed by atoms with Crippen molar-refractivity contribution in [3.05, 3.63) is 0 Å². The summed E-state index contributed by atoms with van der Waals surface area (Å²) >= 11 is 0. The predicted octanol–water partition coefficient (Wildman–Crippen LogP) is 0.472. The van der Waals surface area contributed by atoms with E-state index in [1.54, 1.807) is 6.92 Å². The number of aliphatic hydroxyl groups excluding tert-OH is 2.